The first-order valence-electron chi connectivity index (χ1n) is 7.30. The van der Waals surface area contributed by atoms with Gasteiger partial charge >= 0.3 is 0 Å². The third-order valence-corrected chi connectivity index (χ3v) is 3.52. The largest absolute Gasteiger partial charge is 0.378 e. The molecule has 0 bridgehead atoms. The van der Waals surface area contributed by atoms with E-state index in [1.165, 1.54) is 0 Å². The van der Waals surface area contributed by atoms with E-state index in [1.54, 1.807) is 0 Å². The number of aromatic nitrogens is 1. The Morgan fingerprint density at radius 1 is 1.47 bits per heavy atom. The van der Waals surface area contributed by atoms with E-state index >= 15 is 0 Å². The molecular weight excluding hydrogens is 242 g/mol. The highest BCUT2D eigenvalue weighted by atomic mass is 16.5. The molecule has 1 aromatic heterocycles. The van der Waals surface area contributed by atoms with Crippen molar-refractivity contribution < 1.29 is 9.26 Å². The van der Waals surface area contributed by atoms with E-state index in [2.05, 4.69) is 35.3 Å². The van der Waals surface area contributed by atoms with Gasteiger partial charge in [-0.2, -0.15) is 0 Å². The molecule has 1 aromatic rings. The summed E-state index contributed by atoms with van der Waals surface area (Å²) in [6.07, 6.45) is 2.25. The van der Waals surface area contributed by atoms with Gasteiger partial charge in [0.25, 0.3) is 0 Å². The molecule has 1 aliphatic heterocycles. The second-order valence-corrected chi connectivity index (χ2v) is 5.07. The molecule has 0 saturated carbocycles. The Balaban J connectivity index is 1.84. The molecule has 108 valence electrons. The van der Waals surface area contributed by atoms with Crippen LogP contribution in [0.5, 0.6) is 0 Å². The second kappa shape index (κ2) is 7.62. The number of hydrogen-bond acceptors (Lipinski definition) is 5. The van der Waals surface area contributed by atoms with Crippen molar-refractivity contribution in [3.8, 4) is 0 Å². The Kier molecular flexibility index (Phi) is 5.82. The first-order valence-corrected chi connectivity index (χ1v) is 7.30. The standard InChI is InChI=1S/C14H25N3O2/c1-3-5-15-9-12-8-14(19-16-12)10-17-6-7-18-11-13(17)4-2/h8,13,15H,3-7,9-11H2,1-2H3. The quantitative estimate of drug-likeness (QED) is 0.763. The molecular formula is C14H25N3O2. The zero-order chi connectivity index (χ0) is 13.5. The maximum Gasteiger partial charge on any atom is 0.151 e. The van der Waals surface area contributed by atoms with Gasteiger partial charge in [-0.25, -0.2) is 0 Å². The van der Waals surface area contributed by atoms with Crippen LogP contribution in [0.4, 0.5) is 0 Å². The summed E-state index contributed by atoms with van der Waals surface area (Å²) < 4.78 is 10.9. The van der Waals surface area contributed by atoms with Gasteiger partial charge < -0.3 is 14.6 Å². The van der Waals surface area contributed by atoms with Crippen molar-refractivity contribution in [2.24, 2.45) is 0 Å². The van der Waals surface area contributed by atoms with E-state index < -0.39 is 0 Å². The van der Waals surface area contributed by atoms with E-state index in [-0.39, 0.29) is 0 Å². The zero-order valence-electron chi connectivity index (χ0n) is 12.0. The lowest BCUT2D eigenvalue weighted by atomic mass is 10.1. The van der Waals surface area contributed by atoms with Crippen molar-refractivity contribution in [3.05, 3.63) is 17.5 Å². The molecule has 1 fully saturated rings. The van der Waals surface area contributed by atoms with Gasteiger partial charge in [0.15, 0.2) is 5.76 Å². The van der Waals surface area contributed by atoms with Crippen molar-refractivity contribution in [1.82, 2.24) is 15.4 Å². The van der Waals surface area contributed by atoms with Gasteiger partial charge in [-0.15, -0.1) is 0 Å². The summed E-state index contributed by atoms with van der Waals surface area (Å²) in [4.78, 5) is 2.42. The van der Waals surface area contributed by atoms with Gasteiger partial charge in [-0.05, 0) is 19.4 Å². The van der Waals surface area contributed by atoms with Gasteiger partial charge in [0.05, 0.1) is 25.5 Å². The Morgan fingerprint density at radius 3 is 3.16 bits per heavy atom. The molecule has 1 atom stereocenters. The molecule has 19 heavy (non-hydrogen) atoms. The monoisotopic (exact) mass is 267 g/mol. The normalized spacial score (nSPS) is 20.8. The van der Waals surface area contributed by atoms with Crippen molar-refractivity contribution >= 4 is 0 Å². The molecule has 1 saturated heterocycles. The van der Waals surface area contributed by atoms with Gasteiger partial charge in [0, 0.05) is 25.2 Å². The molecule has 1 N–H and O–H groups in total. The highest BCUT2D eigenvalue weighted by molar-refractivity contribution is 5.05. The summed E-state index contributed by atoms with van der Waals surface area (Å²) >= 11 is 0. The molecule has 1 aliphatic rings. The number of morpholine rings is 1. The smallest absolute Gasteiger partial charge is 0.151 e. The maximum atomic E-state index is 5.51. The van der Waals surface area contributed by atoms with Crippen LogP contribution in [0.1, 0.15) is 38.1 Å². The lowest BCUT2D eigenvalue weighted by molar-refractivity contribution is -0.0160. The minimum atomic E-state index is 0.500. The summed E-state index contributed by atoms with van der Waals surface area (Å²) in [5.74, 6) is 0.952. The predicted molar refractivity (Wildman–Crippen MR) is 73.8 cm³/mol. The fraction of sp³-hybridized carbons (Fsp3) is 0.786. The zero-order valence-corrected chi connectivity index (χ0v) is 12.0. The Bertz CT molecular complexity index is 367. The molecule has 0 radical (unpaired) electrons. The SMILES string of the molecule is CCCNCc1cc(CN2CCOCC2CC)on1. The van der Waals surface area contributed by atoms with Crippen LogP contribution >= 0.6 is 0 Å². The van der Waals surface area contributed by atoms with Crippen molar-refractivity contribution in [1.29, 1.82) is 0 Å². The summed E-state index contributed by atoms with van der Waals surface area (Å²) in [6.45, 7) is 9.62. The van der Waals surface area contributed by atoms with Gasteiger partial charge in [-0.1, -0.05) is 19.0 Å². The van der Waals surface area contributed by atoms with E-state index in [1.807, 2.05) is 0 Å². The molecule has 0 amide bonds. The van der Waals surface area contributed by atoms with Crippen molar-refractivity contribution in [3.63, 3.8) is 0 Å². The van der Waals surface area contributed by atoms with Crippen LogP contribution in [0.25, 0.3) is 0 Å². The van der Waals surface area contributed by atoms with Crippen LogP contribution in [0.2, 0.25) is 0 Å². The molecule has 0 aromatic carbocycles. The summed E-state index contributed by atoms with van der Waals surface area (Å²) in [6, 6.07) is 2.56. The number of hydrogen-bond donors (Lipinski definition) is 1. The maximum absolute atomic E-state index is 5.51. The van der Waals surface area contributed by atoms with E-state index in [0.717, 1.165) is 63.7 Å². The predicted octanol–water partition coefficient (Wildman–Crippen LogP) is 1.78. The lowest BCUT2D eigenvalue weighted by Crippen LogP contribution is -2.44. The Morgan fingerprint density at radius 2 is 2.37 bits per heavy atom. The highest BCUT2D eigenvalue weighted by Gasteiger charge is 2.22. The highest BCUT2D eigenvalue weighted by Crippen LogP contribution is 2.15. The van der Waals surface area contributed by atoms with Gasteiger partial charge in [0.2, 0.25) is 0 Å². The molecule has 0 spiro atoms. The Hall–Kier alpha value is -0.910. The van der Waals surface area contributed by atoms with Crippen LogP contribution in [-0.2, 0) is 17.8 Å². The number of rotatable bonds is 7. The van der Waals surface area contributed by atoms with Gasteiger partial charge in [0.1, 0.15) is 0 Å². The first kappa shape index (κ1) is 14.5. The summed E-state index contributed by atoms with van der Waals surface area (Å²) in [7, 11) is 0. The molecule has 0 aliphatic carbocycles. The first-order chi connectivity index (χ1) is 9.33. The van der Waals surface area contributed by atoms with Crippen LogP contribution < -0.4 is 5.32 Å². The van der Waals surface area contributed by atoms with Gasteiger partial charge in [-0.3, -0.25) is 4.90 Å². The Labute approximate surface area is 115 Å². The second-order valence-electron chi connectivity index (χ2n) is 5.07. The molecule has 2 rings (SSSR count). The van der Waals surface area contributed by atoms with Crippen LogP contribution in [-0.4, -0.2) is 42.4 Å². The topological polar surface area (TPSA) is 50.5 Å². The number of nitrogens with zero attached hydrogens (tertiary/aromatic N) is 2. The number of ether oxygens (including phenoxy) is 1. The lowest BCUT2D eigenvalue weighted by Gasteiger charge is -2.34. The third-order valence-electron chi connectivity index (χ3n) is 3.52. The minimum Gasteiger partial charge on any atom is -0.378 e. The van der Waals surface area contributed by atoms with E-state index in [9.17, 15) is 0 Å². The summed E-state index contributed by atoms with van der Waals surface area (Å²) in [5, 5.41) is 7.44. The fourth-order valence-corrected chi connectivity index (χ4v) is 2.38. The van der Waals surface area contributed by atoms with Crippen molar-refractivity contribution in [2.75, 3.05) is 26.3 Å². The average molecular weight is 267 g/mol. The van der Waals surface area contributed by atoms with Crippen LogP contribution in [0.3, 0.4) is 0 Å². The summed E-state index contributed by atoms with van der Waals surface area (Å²) in [5.41, 5.74) is 0.991. The fourth-order valence-electron chi connectivity index (χ4n) is 2.38. The van der Waals surface area contributed by atoms with Crippen LogP contribution in [0, 0.1) is 0 Å². The van der Waals surface area contributed by atoms with Crippen LogP contribution in [0.15, 0.2) is 10.6 Å². The van der Waals surface area contributed by atoms with E-state index in [0.29, 0.717) is 6.04 Å². The third kappa shape index (κ3) is 4.30. The van der Waals surface area contributed by atoms with Crippen molar-refractivity contribution in [2.45, 2.75) is 45.8 Å². The van der Waals surface area contributed by atoms with E-state index in [4.69, 9.17) is 9.26 Å². The molecule has 5 heteroatoms. The molecule has 2 heterocycles. The number of nitrogens with one attached hydrogen (secondary N) is 1. The molecule has 1 unspecified atom stereocenters. The minimum absolute atomic E-state index is 0.500. The average Bonchev–Trinajstić information content (AvgIpc) is 2.87. The molecule has 5 nitrogen and oxygen atoms in total.